The van der Waals surface area contributed by atoms with E-state index in [0.717, 1.165) is 41.1 Å². The molecule has 31 heavy (non-hydrogen) atoms. The second kappa shape index (κ2) is 8.10. The number of para-hydroxylation sites is 1. The lowest BCUT2D eigenvalue weighted by atomic mass is 9.88. The molecule has 0 fully saturated rings. The number of alkyl halides is 3. The van der Waals surface area contributed by atoms with E-state index in [4.69, 9.17) is 0 Å². The first-order valence-corrected chi connectivity index (χ1v) is 10.2. The number of nitrogens with one attached hydrogen (secondary N) is 1. The van der Waals surface area contributed by atoms with Crippen LogP contribution in [0.3, 0.4) is 0 Å². The van der Waals surface area contributed by atoms with Gasteiger partial charge in [0.1, 0.15) is 0 Å². The van der Waals surface area contributed by atoms with Crippen LogP contribution in [0.5, 0.6) is 0 Å². The predicted molar refractivity (Wildman–Crippen MR) is 117 cm³/mol. The minimum Gasteiger partial charge on any atom is -0.378 e. The molecule has 160 valence electrons. The summed E-state index contributed by atoms with van der Waals surface area (Å²) in [4.78, 5) is 14.1. The van der Waals surface area contributed by atoms with Gasteiger partial charge in [-0.25, -0.2) is 0 Å². The van der Waals surface area contributed by atoms with Crippen molar-refractivity contribution in [1.82, 2.24) is 0 Å². The molecule has 1 aliphatic heterocycles. The van der Waals surface area contributed by atoms with Crippen molar-refractivity contribution >= 4 is 17.3 Å². The SMILES string of the molecule is CC(=O)N1c2ccc(-c3ccc(C(F)(F)F)cc3)cc2[C@@H](Nc2ccccc2)C[C@H]1C. The highest BCUT2D eigenvalue weighted by Crippen LogP contribution is 2.41. The van der Waals surface area contributed by atoms with Crippen LogP contribution in [0.25, 0.3) is 11.1 Å². The van der Waals surface area contributed by atoms with Gasteiger partial charge in [0.15, 0.2) is 0 Å². The summed E-state index contributed by atoms with van der Waals surface area (Å²) in [7, 11) is 0. The number of carbonyl (C=O) groups excluding carboxylic acids is 1. The molecule has 1 aliphatic rings. The van der Waals surface area contributed by atoms with Gasteiger partial charge >= 0.3 is 6.18 Å². The molecule has 6 heteroatoms. The summed E-state index contributed by atoms with van der Waals surface area (Å²) in [5, 5.41) is 3.55. The standard InChI is InChI=1S/C25H23F3N2O/c1-16-14-23(29-21-6-4-3-5-7-21)22-15-19(10-13-24(22)30(16)17(2)31)18-8-11-20(12-9-18)25(26,27)28/h3-13,15-16,23,29H,14H2,1-2H3/t16-,23+/m1/s1. The number of carbonyl (C=O) groups is 1. The summed E-state index contributed by atoms with van der Waals surface area (Å²) >= 11 is 0. The van der Waals surface area contributed by atoms with E-state index in [1.165, 1.54) is 12.1 Å². The van der Waals surface area contributed by atoms with Crippen molar-refractivity contribution in [2.45, 2.75) is 38.5 Å². The van der Waals surface area contributed by atoms with Crippen LogP contribution < -0.4 is 10.2 Å². The van der Waals surface area contributed by atoms with Crippen molar-refractivity contribution < 1.29 is 18.0 Å². The molecular weight excluding hydrogens is 401 g/mol. The molecule has 3 nitrogen and oxygen atoms in total. The fraction of sp³-hybridized carbons (Fsp3) is 0.240. The zero-order valence-corrected chi connectivity index (χ0v) is 17.3. The van der Waals surface area contributed by atoms with Crippen LogP contribution in [-0.4, -0.2) is 11.9 Å². The Bertz CT molecular complexity index is 1080. The van der Waals surface area contributed by atoms with E-state index in [-0.39, 0.29) is 18.0 Å². The Balaban J connectivity index is 1.75. The Hall–Kier alpha value is -3.28. The highest BCUT2D eigenvalue weighted by Gasteiger charge is 2.33. The van der Waals surface area contributed by atoms with Crippen LogP contribution in [0.2, 0.25) is 0 Å². The van der Waals surface area contributed by atoms with Gasteiger partial charge in [-0.1, -0.05) is 36.4 Å². The third-order valence-electron chi connectivity index (χ3n) is 5.68. The van der Waals surface area contributed by atoms with E-state index in [1.807, 2.05) is 55.5 Å². The van der Waals surface area contributed by atoms with E-state index in [1.54, 1.807) is 11.8 Å². The molecule has 0 unspecified atom stereocenters. The second-order valence-corrected chi connectivity index (χ2v) is 7.89. The predicted octanol–water partition coefficient (Wildman–Crippen LogP) is 6.67. The molecular formula is C25H23F3N2O. The molecule has 0 spiro atoms. The van der Waals surface area contributed by atoms with E-state index in [0.29, 0.717) is 5.56 Å². The van der Waals surface area contributed by atoms with Crippen LogP contribution in [0.4, 0.5) is 24.5 Å². The molecule has 2 atom stereocenters. The van der Waals surface area contributed by atoms with E-state index in [2.05, 4.69) is 5.32 Å². The lowest BCUT2D eigenvalue weighted by Crippen LogP contribution is -2.43. The Morgan fingerprint density at radius 3 is 2.23 bits per heavy atom. The summed E-state index contributed by atoms with van der Waals surface area (Å²) < 4.78 is 38.7. The lowest BCUT2D eigenvalue weighted by molar-refractivity contribution is -0.137. The van der Waals surface area contributed by atoms with Crippen LogP contribution in [0.15, 0.2) is 72.8 Å². The maximum absolute atomic E-state index is 12.9. The third-order valence-corrected chi connectivity index (χ3v) is 5.68. The van der Waals surface area contributed by atoms with Gasteiger partial charge in [-0.05, 0) is 66.4 Å². The van der Waals surface area contributed by atoms with Gasteiger partial charge in [-0.2, -0.15) is 13.2 Å². The van der Waals surface area contributed by atoms with Crippen LogP contribution >= 0.6 is 0 Å². The summed E-state index contributed by atoms with van der Waals surface area (Å²) in [5.74, 6) is -0.0332. The Morgan fingerprint density at radius 2 is 1.61 bits per heavy atom. The molecule has 0 saturated carbocycles. The molecule has 0 bridgehead atoms. The fourth-order valence-corrected chi connectivity index (χ4v) is 4.25. The van der Waals surface area contributed by atoms with E-state index >= 15 is 0 Å². The number of rotatable bonds is 3. The van der Waals surface area contributed by atoms with Gasteiger partial charge in [0.2, 0.25) is 5.91 Å². The highest BCUT2D eigenvalue weighted by molar-refractivity contribution is 5.94. The number of fused-ring (bicyclic) bond motifs is 1. The largest absolute Gasteiger partial charge is 0.416 e. The van der Waals surface area contributed by atoms with Gasteiger partial charge in [-0.15, -0.1) is 0 Å². The first-order valence-electron chi connectivity index (χ1n) is 10.2. The molecule has 1 amide bonds. The van der Waals surface area contributed by atoms with Crippen molar-refractivity contribution in [3.8, 4) is 11.1 Å². The normalized spacial score (nSPS) is 18.4. The average Bonchev–Trinajstić information content (AvgIpc) is 2.73. The van der Waals surface area contributed by atoms with Gasteiger partial charge < -0.3 is 10.2 Å². The smallest absolute Gasteiger partial charge is 0.378 e. The summed E-state index contributed by atoms with van der Waals surface area (Å²) in [6.07, 6.45) is -3.64. The van der Waals surface area contributed by atoms with E-state index in [9.17, 15) is 18.0 Å². The molecule has 0 aliphatic carbocycles. The van der Waals surface area contributed by atoms with Crippen molar-refractivity contribution in [2.75, 3.05) is 10.2 Å². The number of nitrogens with zero attached hydrogens (tertiary/aromatic N) is 1. The van der Waals surface area contributed by atoms with E-state index < -0.39 is 11.7 Å². The van der Waals surface area contributed by atoms with Crippen LogP contribution in [-0.2, 0) is 11.0 Å². The number of hydrogen-bond acceptors (Lipinski definition) is 2. The summed E-state index contributed by atoms with van der Waals surface area (Å²) in [6.45, 7) is 3.57. The van der Waals surface area contributed by atoms with Crippen LogP contribution in [0, 0.1) is 0 Å². The molecule has 4 rings (SSSR count). The third kappa shape index (κ3) is 4.29. The fourth-order valence-electron chi connectivity index (χ4n) is 4.25. The zero-order valence-electron chi connectivity index (χ0n) is 17.3. The van der Waals surface area contributed by atoms with Gasteiger partial charge in [0, 0.05) is 24.3 Å². The zero-order chi connectivity index (χ0) is 22.2. The Labute approximate surface area is 179 Å². The van der Waals surface area contributed by atoms with Gasteiger partial charge in [0.05, 0.1) is 11.6 Å². The molecule has 3 aromatic rings. The van der Waals surface area contributed by atoms with Gasteiger partial charge in [-0.3, -0.25) is 4.79 Å². The molecule has 3 aromatic carbocycles. The minimum absolute atomic E-state index is 0.0168. The highest BCUT2D eigenvalue weighted by atomic mass is 19.4. The average molecular weight is 424 g/mol. The monoisotopic (exact) mass is 424 g/mol. The van der Waals surface area contributed by atoms with Crippen molar-refractivity contribution in [3.05, 3.63) is 83.9 Å². The van der Waals surface area contributed by atoms with Crippen molar-refractivity contribution in [1.29, 1.82) is 0 Å². The number of halogens is 3. The summed E-state index contributed by atoms with van der Waals surface area (Å²) in [5.41, 5.74) is 3.59. The molecule has 1 N–H and O–H groups in total. The number of benzene rings is 3. The Kier molecular flexibility index (Phi) is 5.48. The quantitative estimate of drug-likeness (QED) is 0.509. The topological polar surface area (TPSA) is 32.3 Å². The van der Waals surface area contributed by atoms with Crippen LogP contribution in [0.1, 0.15) is 37.4 Å². The Morgan fingerprint density at radius 1 is 0.968 bits per heavy atom. The molecule has 0 saturated heterocycles. The number of amides is 1. The number of anilines is 2. The molecule has 1 heterocycles. The lowest BCUT2D eigenvalue weighted by Gasteiger charge is -2.39. The van der Waals surface area contributed by atoms with Crippen molar-refractivity contribution in [3.63, 3.8) is 0 Å². The second-order valence-electron chi connectivity index (χ2n) is 7.89. The first-order chi connectivity index (χ1) is 14.7. The van der Waals surface area contributed by atoms with Gasteiger partial charge in [0.25, 0.3) is 0 Å². The van der Waals surface area contributed by atoms with Crippen molar-refractivity contribution in [2.24, 2.45) is 0 Å². The maximum atomic E-state index is 12.9. The summed E-state index contributed by atoms with van der Waals surface area (Å²) in [6, 6.07) is 20.7. The first kappa shape index (κ1) is 21.0. The molecule has 0 aromatic heterocycles. The minimum atomic E-state index is -4.36. The number of hydrogen-bond donors (Lipinski definition) is 1. The molecule has 0 radical (unpaired) electrons. The maximum Gasteiger partial charge on any atom is 0.416 e.